The fourth-order valence-corrected chi connectivity index (χ4v) is 6.14. The third kappa shape index (κ3) is 16.6. The summed E-state index contributed by atoms with van der Waals surface area (Å²) >= 11 is 0. The van der Waals surface area contributed by atoms with E-state index in [4.69, 9.17) is 13.0 Å². The Bertz CT molecular complexity index is 1900. The number of rotatable bonds is 12. The van der Waals surface area contributed by atoms with Crippen LogP contribution in [0.5, 0.6) is 0 Å². The predicted octanol–water partition coefficient (Wildman–Crippen LogP) is 5.69. The Hall–Kier alpha value is -5.24. The maximum absolute atomic E-state index is 11.2. The minimum atomic E-state index is -6.09. The van der Waals surface area contributed by atoms with Gasteiger partial charge in [0.2, 0.25) is 0 Å². The molecule has 5 rings (SSSR count). The van der Waals surface area contributed by atoms with Crippen molar-refractivity contribution >= 4 is 32.9 Å². The second-order valence-corrected chi connectivity index (χ2v) is 15.1. The van der Waals surface area contributed by atoms with E-state index >= 15 is 0 Å². The van der Waals surface area contributed by atoms with E-state index in [9.17, 15) is 53.6 Å². The van der Waals surface area contributed by atoms with E-state index in [-0.39, 0.29) is 45.1 Å². The smallest absolute Gasteiger partial charge is 0.741 e. The van der Waals surface area contributed by atoms with Crippen LogP contribution in [0.2, 0.25) is 0 Å². The van der Waals surface area contributed by atoms with Crippen molar-refractivity contribution < 1.29 is 68.2 Å². The Labute approximate surface area is 363 Å². The van der Waals surface area contributed by atoms with Gasteiger partial charge in [0.05, 0.1) is 19.7 Å². The summed E-state index contributed by atoms with van der Waals surface area (Å²) in [6.07, 6.45) is 0. The summed E-state index contributed by atoms with van der Waals surface area (Å²) in [7, 11) is -6.09. The van der Waals surface area contributed by atoms with Crippen molar-refractivity contribution in [2.24, 2.45) is 0 Å². The number of halogens is 3. The Morgan fingerprint density at radius 2 is 0.574 bits per heavy atom. The van der Waals surface area contributed by atoms with Crippen molar-refractivity contribution in [2.75, 3.05) is 52.4 Å². The first-order valence-corrected chi connectivity index (χ1v) is 19.5. The van der Waals surface area contributed by atoms with E-state index in [1.807, 2.05) is 0 Å². The molecule has 19 nitrogen and oxygen atoms in total. The Morgan fingerprint density at radius 3 is 0.689 bits per heavy atom. The summed E-state index contributed by atoms with van der Waals surface area (Å²) in [5.41, 5.74) is -1.78. The van der Waals surface area contributed by atoms with Gasteiger partial charge in [-0.1, -0.05) is 48.5 Å². The molecule has 0 atom stereocenters. The number of hydrogen-bond acceptors (Lipinski definition) is 15. The summed E-state index contributed by atoms with van der Waals surface area (Å²) in [5, 5.41) is 45.0. The fraction of sp³-hybridized carbons (Fsp3) is 0.351. The molecular formula is C37H40AgF3N8O11S. The van der Waals surface area contributed by atoms with Crippen LogP contribution >= 0.6 is 0 Å². The first kappa shape index (κ1) is 50.1. The van der Waals surface area contributed by atoms with Gasteiger partial charge in [-0.2, -0.15) is 13.2 Å². The second-order valence-electron chi connectivity index (χ2n) is 13.7. The largest absolute Gasteiger partial charge is 1.00 e. The van der Waals surface area contributed by atoms with Crippen molar-refractivity contribution in [1.29, 1.82) is 0 Å². The van der Waals surface area contributed by atoms with Crippen molar-refractivity contribution in [3.63, 3.8) is 0 Å². The van der Waals surface area contributed by atoms with Crippen molar-refractivity contribution in [1.82, 2.24) is 19.6 Å². The molecule has 1 fully saturated rings. The fourth-order valence-electron chi connectivity index (χ4n) is 6.14. The van der Waals surface area contributed by atoms with Gasteiger partial charge in [0.15, 0.2) is 10.1 Å². The third-order valence-corrected chi connectivity index (χ3v) is 9.99. The average molecular weight is 970 g/mol. The topological polar surface area (TPSA) is 243 Å². The normalized spacial score (nSPS) is 15.2. The number of nitro groups is 4. The number of non-ortho nitro benzene ring substituents is 4. The van der Waals surface area contributed by atoms with E-state index in [1.54, 1.807) is 48.5 Å². The van der Waals surface area contributed by atoms with Gasteiger partial charge in [-0.3, -0.25) is 60.1 Å². The van der Waals surface area contributed by atoms with E-state index in [0.717, 1.165) is 22.3 Å². The zero-order valence-corrected chi connectivity index (χ0v) is 34.4. The number of benzene rings is 4. The summed E-state index contributed by atoms with van der Waals surface area (Å²) in [5.74, 6) is 0. The molecule has 0 radical (unpaired) electrons. The van der Waals surface area contributed by atoms with Gasteiger partial charge < -0.3 is 4.55 Å². The van der Waals surface area contributed by atoms with Gasteiger partial charge in [-0.05, 0) is 22.3 Å². The number of nitrogens with zero attached hydrogens (tertiary/aromatic N) is 8. The van der Waals surface area contributed by atoms with Crippen LogP contribution in [0.15, 0.2) is 97.1 Å². The third-order valence-electron chi connectivity index (χ3n) is 9.43. The molecule has 1 saturated heterocycles. The van der Waals surface area contributed by atoms with E-state index < -0.39 is 35.3 Å². The first-order valence-electron chi connectivity index (χ1n) is 18.1. The van der Waals surface area contributed by atoms with Crippen LogP contribution in [0.25, 0.3) is 0 Å². The SMILES string of the molecule is O=S(=O)([O-])C(F)(F)F.O=[N+]([O-])c1ccc(CN2CCN(Cc3ccc([N+](=O)[O-])cc3)CCN(Cc3ccc([N+](=O)[O-])cc3)CCN(Cc3ccc([N+](=O)[O-])cc3)CC2)cc1.[Ag+]. The quantitative estimate of drug-likeness (QED) is 0.0544. The van der Waals surface area contributed by atoms with Crippen LogP contribution in [0, 0.1) is 40.5 Å². The molecule has 0 unspecified atom stereocenters. The molecule has 0 amide bonds. The van der Waals surface area contributed by atoms with Gasteiger partial charge in [0.25, 0.3) is 22.7 Å². The summed E-state index contributed by atoms with van der Waals surface area (Å²) < 4.78 is 58.9. The molecule has 0 saturated carbocycles. The predicted molar refractivity (Wildman–Crippen MR) is 209 cm³/mol. The summed E-state index contributed by atoms with van der Waals surface area (Å²) in [4.78, 5) is 52.5. The van der Waals surface area contributed by atoms with Gasteiger partial charge >= 0.3 is 27.9 Å². The molecule has 0 bridgehead atoms. The Balaban J connectivity index is 0.00000100. The van der Waals surface area contributed by atoms with Crippen LogP contribution in [0.3, 0.4) is 0 Å². The maximum atomic E-state index is 11.2. The van der Waals surface area contributed by atoms with Crippen molar-refractivity contribution in [3.05, 3.63) is 160 Å². The monoisotopic (exact) mass is 968 g/mol. The molecule has 0 spiro atoms. The van der Waals surface area contributed by atoms with Crippen LogP contribution < -0.4 is 0 Å². The maximum Gasteiger partial charge on any atom is 1.00 e. The molecular weight excluding hydrogens is 929 g/mol. The molecule has 0 aromatic heterocycles. The molecule has 4 aromatic carbocycles. The average Bonchev–Trinajstić information content (AvgIpc) is 3.19. The van der Waals surface area contributed by atoms with Gasteiger partial charge in [-0.25, -0.2) is 8.42 Å². The van der Waals surface area contributed by atoms with Crippen molar-refractivity contribution in [2.45, 2.75) is 31.7 Å². The zero-order chi connectivity index (χ0) is 44.0. The van der Waals surface area contributed by atoms with Gasteiger partial charge in [0.1, 0.15) is 0 Å². The van der Waals surface area contributed by atoms with Crippen molar-refractivity contribution in [3.8, 4) is 0 Å². The zero-order valence-electron chi connectivity index (χ0n) is 32.1. The van der Waals surface area contributed by atoms with Gasteiger partial charge in [0, 0.05) is 127 Å². The Kier molecular flexibility index (Phi) is 19.0. The molecule has 0 N–H and O–H groups in total. The minimum absolute atomic E-state index is 0. The van der Waals surface area contributed by atoms with Crippen LogP contribution in [-0.4, -0.2) is 110 Å². The van der Waals surface area contributed by atoms with Crippen LogP contribution in [-0.2, 0) is 58.7 Å². The number of hydrogen-bond donors (Lipinski definition) is 0. The van der Waals surface area contributed by atoms with Crippen LogP contribution in [0.4, 0.5) is 35.9 Å². The number of alkyl halides is 3. The molecule has 61 heavy (non-hydrogen) atoms. The summed E-state index contributed by atoms with van der Waals surface area (Å²) in [6, 6.07) is 26.2. The second kappa shape index (κ2) is 23.1. The minimum Gasteiger partial charge on any atom is -0.741 e. The molecule has 1 aliphatic heterocycles. The van der Waals surface area contributed by atoms with E-state index in [1.165, 1.54) is 48.5 Å². The van der Waals surface area contributed by atoms with E-state index in [2.05, 4.69) is 19.6 Å². The molecule has 332 valence electrons. The molecule has 1 aliphatic rings. The Morgan fingerprint density at radius 1 is 0.426 bits per heavy atom. The molecule has 0 aliphatic carbocycles. The molecule has 4 aromatic rings. The standard InChI is InChI=1S/C36H40N8O8.CHF3O3S.Ag/c45-41(46)33-9-1-29(2-10-33)25-37-17-19-38(26-30-3-11-34(12-4-30)42(47)48)21-23-40(28-32-7-15-36(16-8-32)44(51)52)24-22-39(20-18-37)27-31-5-13-35(14-6-31)43(49)50;2-1(3,4)8(5,6)7;/h1-16H,17-28H2;(H,5,6,7);/q;;+1/p-1. The summed E-state index contributed by atoms with van der Waals surface area (Å²) in [6.45, 7) is 7.71. The molecule has 24 heteroatoms. The van der Waals surface area contributed by atoms with Gasteiger partial charge in [-0.15, -0.1) is 0 Å². The number of nitro benzene ring substituents is 4. The first-order chi connectivity index (χ1) is 28.3. The van der Waals surface area contributed by atoms with Crippen LogP contribution in [0.1, 0.15) is 22.3 Å². The van der Waals surface area contributed by atoms with E-state index in [0.29, 0.717) is 78.5 Å². The molecule has 1 heterocycles.